The molecule has 0 aliphatic heterocycles. The lowest BCUT2D eigenvalue weighted by molar-refractivity contribution is -0.274. The zero-order valence-electron chi connectivity index (χ0n) is 10.5. The van der Waals surface area contributed by atoms with E-state index in [1.165, 1.54) is 12.1 Å². The first-order valence-corrected chi connectivity index (χ1v) is 6.07. The van der Waals surface area contributed by atoms with E-state index in [1.807, 2.05) is 0 Å². The second-order valence-corrected chi connectivity index (χ2v) is 4.60. The van der Waals surface area contributed by atoms with Gasteiger partial charge in [-0.25, -0.2) is 0 Å². The van der Waals surface area contributed by atoms with Crippen LogP contribution in [-0.4, -0.2) is 25.6 Å². The zero-order chi connectivity index (χ0) is 13.9. The van der Waals surface area contributed by atoms with Gasteiger partial charge in [0.15, 0.2) is 0 Å². The summed E-state index contributed by atoms with van der Waals surface area (Å²) in [6, 6.07) is 6.32. The smallest absolute Gasteiger partial charge is 0.406 e. The zero-order valence-corrected chi connectivity index (χ0v) is 10.5. The minimum atomic E-state index is -4.64. The molecule has 0 radical (unpaired) electrons. The lowest BCUT2D eigenvalue weighted by Crippen LogP contribution is -2.44. The van der Waals surface area contributed by atoms with Crippen LogP contribution in [0.25, 0.3) is 0 Å². The standard InChI is InChI=1S/C13H16F3NO2/c1-18-12-6-10(7-12)17-8-9-2-4-11(5-3-9)19-13(14,15)16/h2-5,10,12,17H,6-8H2,1H3. The Hall–Kier alpha value is -1.27. The Kier molecular flexibility index (Phi) is 4.31. The molecule has 19 heavy (non-hydrogen) atoms. The van der Waals surface area contributed by atoms with Crippen molar-refractivity contribution in [2.75, 3.05) is 7.11 Å². The highest BCUT2D eigenvalue weighted by atomic mass is 19.4. The predicted molar refractivity (Wildman–Crippen MR) is 63.8 cm³/mol. The van der Waals surface area contributed by atoms with Gasteiger partial charge in [0.25, 0.3) is 0 Å². The van der Waals surface area contributed by atoms with Gasteiger partial charge in [-0.15, -0.1) is 13.2 Å². The first-order valence-electron chi connectivity index (χ1n) is 6.07. The fourth-order valence-electron chi connectivity index (χ4n) is 2.00. The third kappa shape index (κ3) is 4.40. The highest BCUT2D eigenvalue weighted by Crippen LogP contribution is 2.24. The van der Waals surface area contributed by atoms with Crippen LogP contribution in [-0.2, 0) is 11.3 Å². The van der Waals surface area contributed by atoms with Crippen molar-refractivity contribution < 1.29 is 22.6 Å². The van der Waals surface area contributed by atoms with Crippen LogP contribution in [0.5, 0.6) is 5.75 Å². The summed E-state index contributed by atoms with van der Waals surface area (Å²) in [6.45, 7) is 0.632. The minimum Gasteiger partial charge on any atom is -0.406 e. The number of hydrogen-bond acceptors (Lipinski definition) is 3. The minimum absolute atomic E-state index is 0.195. The fraction of sp³-hybridized carbons (Fsp3) is 0.538. The van der Waals surface area contributed by atoms with Crippen LogP contribution in [0.3, 0.4) is 0 Å². The highest BCUT2D eigenvalue weighted by molar-refractivity contribution is 5.27. The molecule has 0 atom stereocenters. The number of ether oxygens (including phenoxy) is 2. The van der Waals surface area contributed by atoms with Crippen LogP contribution in [0, 0.1) is 0 Å². The van der Waals surface area contributed by atoms with Crippen molar-refractivity contribution in [1.29, 1.82) is 0 Å². The molecule has 0 aromatic heterocycles. The monoisotopic (exact) mass is 275 g/mol. The number of methoxy groups -OCH3 is 1. The molecule has 3 nitrogen and oxygen atoms in total. The van der Waals surface area contributed by atoms with Gasteiger partial charge in [0, 0.05) is 19.7 Å². The largest absolute Gasteiger partial charge is 0.573 e. The maximum Gasteiger partial charge on any atom is 0.573 e. The molecule has 2 rings (SSSR count). The fourth-order valence-corrected chi connectivity index (χ4v) is 2.00. The summed E-state index contributed by atoms with van der Waals surface area (Å²) in [5.41, 5.74) is 0.926. The molecule has 1 N–H and O–H groups in total. The molecule has 1 fully saturated rings. The van der Waals surface area contributed by atoms with Crippen molar-refractivity contribution in [2.24, 2.45) is 0 Å². The third-order valence-electron chi connectivity index (χ3n) is 3.18. The van der Waals surface area contributed by atoms with E-state index in [2.05, 4.69) is 10.1 Å². The molecule has 1 aliphatic carbocycles. The number of hydrogen-bond donors (Lipinski definition) is 1. The van der Waals surface area contributed by atoms with Crippen LogP contribution < -0.4 is 10.1 Å². The van der Waals surface area contributed by atoms with Gasteiger partial charge in [-0.05, 0) is 30.5 Å². The summed E-state index contributed by atoms with van der Waals surface area (Å²) in [5, 5.41) is 3.32. The summed E-state index contributed by atoms with van der Waals surface area (Å²) in [6.07, 6.45) is -2.35. The Morgan fingerprint density at radius 3 is 2.37 bits per heavy atom. The Morgan fingerprint density at radius 1 is 1.21 bits per heavy atom. The van der Waals surface area contributed by atoms with Gasteiger partial charge in [-0.3, -0.25) is 0 Å². The predicted octanol–water partition coefficient (Wildman–Crippen LogP) is 2.85. The molecule has 0 amide bonds. The molecule has 106 valence electrons. The summed E-state index contributed by atoms with van der Waals surface area (Å²) in [4.78, 5) is 0. The molecule has 0 saturated heterocycles. The number of nitrogens with one attached hydrogen (secondary N) is 1. The van der Waals surface area contributed by atoms with Crippen molar-refractivity contribution in [3.05, 3.63) is 29.8 Å². The van der Waals surface area contributed by atoms with E-state index in [4.69, 9.17) is 4.74 Å². The first-order chi connectivity index (χ1) is 8.96. The number of halogens is 3. The summed E-state index contributed by atoms with van der Waals surface area (Å²) in [7, 11) is 1.69. The molecule has 0 heterocycles. The van der Waals surface area contributed by atoms with E-state index in [-0.39, 0.29) is 5.75 Å². The maximum atomic E-state index is 12.0. The van der Waals surface area contributed by atoms with Crippen LogP contribution in [0.1, 0.15) is 18.4 Å². The van der Waals surface area contributed by atoms with E-state index >= 15 is 0 Å². The molecule has 1 aliphatic rings. The molecule has 1 saturated carbocycles. The Bertz CT molecular complexity index is 399. The van der Waals surface area contributed by atoms with Crippen LogP contribution in [0.15, 0.2) is 24.3 Å². The molecule has 1 aromatic rings. The maximum absolute atomic E-state index is 12.0. The van der Waals surface area contributed by atoms with Gasteiger partial charge in [-0.2, -0.15) is 0 Å². The van der Waals surface area contributed by atoms with Crippen molar-refractivity contribution in [3.63, 3.8) is 0 Å². The van der Waals surface area contributed by atoms with Gasteiger partial charge in [0.1, 0.15) is 5.75 Å². The summed E-state index contributed by atoms with van der Waals surface area (Å²) in [5.74, 6) is -0.195. The molecular weight excluding hydrogens is 259 g/mol. The average Bonchev–Trinajstić information content (AvgIpc) is 2.27. The Labute approximate surface area is 109 Å². The quantitative estimate of drug-likeness (QED) is 0.896. The normalized spacial score (nSPS) is 22.9. The van der Waals surface area contributed by atoms with E-state index in [0.29, 0.717) is 18.7 Å². The van der Waals surface area contributed by atoms with Crippen LogP contribution in [0.2, 0.25) is 0 Å². The van der Waals surface area contributed by atoms with E-state index in [1.54, 1.807) is 19.2 Å². The number of rotatable bonds is 5. The average molecular weight is 275 g/mol. The summed E-state index contributed by atoms with van der Waals surface area (Å²) >= 11 is 0. The Morgan fingerprint density at radius 2 is 1.84 bits per heavy atom. The molecule has 0 bridgehead atoms. The van der Waals surface area contributed by atoms with Crippen molar-refractivity contribution in [3.8, 4) is 5.75 Å². The van der Waals surface area contributed by atoms with E-state index < -0.39 is 6.36 Å². The molecule has 6 heteroatoms. The van der Waals surface area contributed by atoms with Crippen molar-refractivity contribution >= 4 is 0 Å². The van der Waals surface area contributed by atoms with Crippen molar-refractivity contribution in [1.82, 2.24) is 5.32 Å². The number of alkyl halides is 3. The highest BCUT2D eigenvalue weighted by Gasteiger charge is 2.31. The van der Waals surface area contributed by atoms with Crippen molar-refractivity contribution in [2.45, 2.75) is 37.9 Å². The topological polar surface area (TPSA) is 30.5 Å². The second kappa shape index (κ2) is 5.79. The Balaban J connectivity index is 1.76. The third-order valence-corrected chi connectivity index (χ3v) is 3.18. The number of benzene rings is 1. The van der Waals surface area contributed by atoms with Gasteiger partial charge < -0.3 is 14.8 Å². The van der Waals surface area contributed by atoms with E-state index in [0.717, 1.165) is 18.4 Å². The lowest BCUT2D eigenvalue weighted by atomic mass is 9.89. The first kappa shape index (κ1) is 14.1. The van der Waals surface area contributed by atoms with Crippen LogP contribution >= 0.6 is 0 Å². The lowest BCUT2D eigenvalue weighted by Gasteiger charge is -2.34. The van der Waals surface area contributed by atoms with Gasteiger partial charge in [-0.1, -0.05) is 12.1 Å². The van der Waals surface area contributed by atoms with E-state index in [9.17, 15) is 13.2 Å². The molecule has 1 aromatic carbocycles. The van der Waals surface area contributed by atoms with Gasteiger partial charge in [0.2, 0.25) is 0 Å². The van der Waals surface area contributed by atoms with Gasteiger partial charge in [0.05, 0.1) is 6.10 Å². The molecular formula is C13H16F3NO2. The van der Waals surface area contributed by atoms with Crippen LogP contribution in [0.4, 0.5) is 13.2 Å². The molecule has 0 spiro atoms. The second-order valence-electron chi connectivity index (χ2n) is 4.60. The SMILES string of the molecule is COC1CC(NCc2ccc(OC(F)(F)F)cc2)C1. The van der Waals surface area contributed by atoms with Gasteiger partial charge >= 0.3 is 6.36 Å². The molecule has 0 unspecified atom stereocenters. The summed E-state index contributed by atoms with van der Waals surface area (Å²) < 4.78 is 44.9.